The number of ether oxygens (including phenoxy) is 3. The summed E-state index contributed by atoms with van der Waals surface area (Å²) in [5.74, 6) is -0.684. The normalized spacial score (nSPS) is 14.1. The van der Waals surface area contributed by atoms with Crippen LogP contribution in [0.5, 0.6) is 0 Å². The Balaban J connectivity index is 0.000000879. The Bertz CT molecular complexity index is 471. The van der Waals surface area contributed by atoms with Crippen molar-refractivity contribution in [2.24, 2.45) is 0 Å². The molecule has 0 aromatic carbocycles. The molecule has 32 heavy (non-hydrogen) atoms. The number of rotatable bonds is 21. The highest BCUT2D eigenvalue weighted by molar-refractivity contribution is 5.81. The van der Waals surface area contributed by atoms with Crippen LogP contribution in [-0.2, 0) is 23.8 Å². The summed E-state index contributed by atoms with van der Waals surface area (Å²) < 4.78 is 14.4. The van der Waals surface area contributed by atoms with Crippen LogP contribution < -0.4 is 0 Å². The van der Waals surface area contributed by atoms with E-state index in [9.17, 15) is 9.59 Å². The molecule has 0 amide bonds. The van der Waals surface area contributed by atoms with Crippen LogP contribution in [0.25, 0.3) is 0 Å². The number of hydrogen-bond donors (Lipinski definition) is 0. The summed E-state index contributed by atoms with van der Waals surface area (Å²) in [6.45, 7) is 10.5. The monoisotopic (exact) mass is 452 g/mol. The fraction of sp³-hybridized carbons (Fsp3) is 0.778. The maximum atomic E-state index is 10.8. The molecule has 1 atom stereocenters. The lowest BCUT2D eigenvalue weighted by atomic mass is 10.0. The van der Waals surface area contributed by atoms with Gasteiger partial charge in [-0.15, -0.1) is 0 Å². The molecule has 1 saturated heterocycles. The van der Waals surface area contributed by atoms with Gasteiger partial charge in [0.05, 0.1) is 13.2 Å². The Morgan fingerprint density at radius 2 is 1.09 bits per heavy atom. The molecular formula is C27H48O5. The van der Waals surface area contributed by atoms with Crippen molar-refractivity contribution in [3.8, 4) is 0 Å². The van der Waals surface area contributed by atoms with E-state index >= 15 is 0 Å². The fourth-order valence-electron chi connectivity index (χ4n) is 3.28. The van der Waals surface area contributed by atoms with Gasteiger partial charge in [-0.1, -0.05) is 116 Å². The van der Waals surface area contributed by atoms with E-state index in [1.165, 1.54) is 102 Å². The molecular weight excluding hydrogens is 404 g/mol. The first-order valence-electron chi connectivity index (χ1n) is 12.8. The van der Waals surface area contributed by atoms with Crippen molar-refractivity contribution in [2.75, 3.05) is 19.8 Å². The molecule has 0 saturated carbocycles. The summed E-state index contributed by atoms with van der Waals surface area (Å²) in [5.41, 5.74) is 0. The van der Waals surface area contributed by atoms with Crippen molar-refractivity contribution in [3.05, 3.63) is 25.3 Å². The smallest absolute Gasteiger partial charge is 0.330 e. The molecule has 0 spiro atoms. The van der Waals surface area contributed by atoms with Gasteiger partial charge in [-0.25, -0.2) is 9.59 Å². The molecule has 0 aromatic heterocycles. The lowest BCUT2D eigenvalue weighted by molar-refractivity contribution is -0.138. The van der Waals surface area contributed by atoms with E-state index < -0.39 is 0 Å². The van der Waals surface area contributed by atoms with Gasteiger partial charge in [0.2, 0.25) is 0 Å². The first-order chi connectivity index (χ1) is 15.6. The van der Waals surface area contributed by atoms with Crippen LogP contribution in [0, 0.1) is 0 Å². The largest absolute Gasteiger partial charge is 0.463 e. The average molecular weight is 453 g/mol. The minimum absolute atomic E-state index is 0.147. The molecule has 0 aliphatic carbocycles. The molecule has 0 radical (unpaired) electrons. The summed E-state index contributed by atoms with van der Waals surface area (Å²) in [6, 6.07) is 0. The maximum Gasteiger partial charge on any atom is 0.330 e. The summed E-state index contributed by atoms with van der Waals surface area (Å²) in [5, 5.41) is 0. The minimum Gasteiger partial charge on any atom is -0.463 e. The Morgan fingerprint density at radius 3 is 1.47 bits per heavy atom. The molecule has 1 rings (SSSR count). The fourth-order valence-corrected chi connectivity index (χ4v) is 3.28. The second-order valence-electron chi connectivity index (χ2n) is 8.46. The quantitative estimate of drug-likeness (QED) is 0.0805. The zero-order valence-electron chi connectivity index (χ0n) is 20.6. The van der Waals surface area contributed by atoms with E-state index in [-0.39, 0.29) is 18.0 Å². The Morgan fingerprint density at radius 1 is 0.719 bits per heavy atom. The predicted molar refractivity (Wildman–Crippen MR) is 132 cm³/mol. The van der Waals surface area contributed by atoms with Gasteiger partial charge in [-0.05, 0) is 6.42 Å². The van der Waals surface area contributed by atoms with E-state index in [2.05, 4.69) is 24.8 Å². The van der Waals surface area contributed by atoms with Crippen LogP contribution in [0.4, 0.5) is 0 Å². The van der Waals surface area contributed by atoms with Crippen LogP contribution in [0.1, 0.15) is 110 Å². The molecule has 1 unspecified atom stereocenters. The van der Waals surface area contributed by atoms with Crippen molar-refractivity contribution < 1.29 is 23.8 Å². The van der Waals surface area contributed by atoms with Gasteiger partial charge in [-0.2, -0.15) is 0 Å². The molecule has 0 N–H and O–H groups in total. The van der Waals surface area contributed by atoms with Gasteiger partial charge in [0.25, 0.3) is 0 Å². The Labute approximate surface area is 197 Å². The highest BCUT2D eigenvalue weighted by Crippen LogP contribution is 2.13. The maximum absolute atomic E-state index is 10.8. The van der Waals surface area contributed by atoms with Crippen LogP contribution in [-0.4, -0.2) is 37.9 Å². The average Bonchev–Trinajstić information content (AvgIpc) is 3.64. The number of epoxide rings is 1. The second-order valence-corrected chi connectivity index (χ2v) is 8.46. The lowest BCUT2D eigenvalue weighted by Crippen LogP contribution is -2.06. The van der Waals surface area contributed by atoms with Crippen LogP contribution >= 0.6 is 0 Å². The first kappa shape index (κ1) is 30.4. The zero-order chi connectivity index (χ0) is 23.7. The van der Waals surface area contributed by atoms with E-state index in [0.29, 0.717) is 19.8 Å². The van der Waals surface area contributed by atoms with Crippen molar-refractivity contribution in [3.63, 3.8) is 0 Å². The number of esters is 2. The Kier molecular flexibility index (Phi) is 22.8. The minimum atomic E-state index is -0.384. The summed E-state index contributed by atoms with van der Waals surface area (Å²) in [7, 11) is 0. The summed E-state index contributed by atoms with van der Waals surface area (Å²) in [6.07, 6.45) is 24.3. The highest BCUT2D eigenvalue weighted by atomic mass is 16.6. The molecule has 1 fully saturated rings. The highest BCUT2D eigenvalue weighted by Gasteiger charge is 2.23. The third kappa shape index (κ3) is 24.6. The summed E-state index contributed by atoms with van der Waals surface area (Å²) >= 11 is 0. The van der Waals surface area contributed by atoms with Gasteiger partial charge >= 0.3 is 11.9 Å². The zero-order valence-corrected chi connectivity index (χ0v) is 20.6. The van der Waals surface area contributed by atoms with E-state index in [1.807, 2.05) is 0 Å². The molecule has 5 nitrogen and oxygen atoms in total. The number of carbonyl (C=O) groups is 2. The molecule has 186 valence electrons. The molecule has 0 aromatic rings. The third-order valence-corrected chi connectivity index (χ3v) is 5.39. The lowest BCUT2D eigenvalue weighted by Gasteiger charge is -2.04. The first-order valence-corrected chi connectivity index (χ1v) is 12.8. The van der Waals surface area contributed by atoms with E-state index in [1.54, 1.807) is 0 Å². The van der Waals surface area contributed by atoms with E-state index in [0.717, 1.165) is 12.5 Å². The van der Waals surface area contributed by atoms with Gasteiger partial charge < -0.3 is 14.2 Å². The third-order valence-electron chi connectivity index (χ3n) is 5.39. The molecule has 1 heterocycles. The van der Waals surface area contributed by atoms with Crippen LogP contribution in [0.2, 0.25) is 0 Å². The predicted octanol–water partition coefficient (Wildman–Crippen LogP) is 7.09. The van der Waals surface area contributed by atoms with Gasteiger partial charge in [0.1, 0.15) is 12.7 Å². The number of hydrogen-bond acceptors (Lipinski definition) is 5. The Hall–Kier alpha value is -1.62. The SMILES string of the molecule is C=CC(=O)OCC1CO1.C=CC(=O)OCCCCCCCCCCCCCCCCCC. The topological polar surface area (TPSA) is 65.1 Å². The number of carbonyl (C=O) groups excluding carboxylic acids is 2. The molecule has 1 aliphatic heterocycles. The van der Waals surface area contributed by atoms with Gasteiger partial charge in [-0.3, -0.25) is 0 Å². The second kappa shape index (κ2) is 24.0. The van der Waals surface area contributed by atoms with Crippen molar-refractivity contribution in [1.29, 1.82) is 0 Å². The number of unbranched alkanes of at least 4 members (excludes halogenated alkanes) is 15. The standard InChI is InChI=1S/C21H40O2.C6H8O3/c1-3-5-6-7-8-9-10-11-12-13-14-15-16-17-18-19-20-23-21(22)4-2;1-2-6(7)9-4-5-3-8-5/h4H,2-3,5-20H2,1H3;2,5H,1,3-4H2. The van der Waals surface area contributed by atoms with Crippen LogP contribution in [0.15, 0.2) is 25.3 Å². The van der Waals surface area contributed by atoms with Crippen molar-refractivity contribution in [2.45, 2.75) is 116 Å². The molecule has 1 aliphatic rings. The van der Waals surface area contributed by atoms with E-state index in [4.69, 9.17) is 9.47 Å². The molecule has 0 bridgehead atoms. The van der Waals surface area contributed by atoms with Crippen LogP contribution in [0.3, 0.4) is 0 Å². The molecule has 5 heteroatoms. The summed E-state index contributed by atoms with van der Waals surface area (Å²) in [4.78, 5) is 21.2. The van der Waals surface area contributed by atoms with Gasteiger partial charge in [0, 0.05) is 12.2 Å². The van der Waals surface area contributed by atoms with Crippen molar-refractivity contribution >= 4 is 11.9 Å². The van der Waals surface area contributed by atoms with Gasteiger partial charge in [0.15, 0.2) is 0 Å². The van der Waals surface area contributed by atoms with Crippen molar-refractivity contribution in [1.82, 2.24) is 0 Å².